The number of benzene rings is 1. The Morgan fingerprint density at radius 1 is 1.24 bits per heavy atom. The number of hydrogen-bond donors (Lipinski definition) is 0. The molecule has 2 aliphatic rings. The normalized spacial score (nSPS) is 19.4. The fraction of sp³-hybridized carbons (Fsp3) is 0.538. The second-order valence-electron chi connectivity index (χ2n) is 10.2. The lowest BCUT2D eigenvalue weighted by atomic mass is 9.83. The van der Waals surface area contributed by atoms with Gasteiger partial charge in [-0.1, -0.05) is 11.6 Å². The lowest BCUT2D eigenvalue weighted by molar-refractivity contribution is -0.138. The summed E-state index contributed by atoms with van der Waals surface area (Å²) in [4.78, 5) is 28.9. The summed E-state index contributed by atoms with van der Waals surface area (Å²) < 4.78 is 5.94. The molecule has 0 radical (unpaired) electrons. The summed E-state index contributed by atoms with van der Waals surface area (Å²) in [5.41, 5.74) is 1.51. The van der Waals surface area contributed by atoms with Crippen molar-refractivity contribution in [2.45, 2.75) is 44.9 Å². The van der Waals surface area contributed by atoms with Gasteiger partial charge in [-0.3, -0.25) is 9.59 Å². The third-order valence-electron chi connectivity index (χ3n) is 7.49. The fourth-order valence-corrected chi connectivity index (χ4v) is 6.14. The zero-order valence-corrected chi connectivity index (χ0v) is 21.5. The standard InChI is InChI=1S/C26H33ClN2O3S/c1-25(2,19-8-14-33-17-19)24(31)29-11-9-26(10-12-29)16-18(26)7-13-32-20-5-6-21(22(27)15-20)23(30)28(3)4/h5-6,8,14-15,17-18H,7,9-13,16H2,1-4H3/t18-/m1/s1. The van der Waals surface area contributed by atoms with E-state index in [2.05, 4.69) is 16.3 Å². The number of hydrogen-bond acceptors (Lipinski definition) is 4. The van der Waals surface area contributed by atoms with Crippen LogP contribution in [-0.4, -0.2) is 55.4 Å². The van der Waals surface area contributed by atoms with Crippen LogP contribution < -0.4 is 4.74 Å². The molecule has 1 aromatic heterocycles. The maximum Gasteiger partial charge on any atom is 0.254 e. The number of nitrogens with zero attached hydrogens (tertiary/aromatic N) is 2. The van der Waals surface area contributed by atoms with Gasteiger partial charge in [0.2, 0.25) is 5.91 Å². The summed E-state index contributed by atoms with van der Waals surface area (Å²) >= 11 is 7.93. The Hall–Kier alpha value is -2.05. The number of carbonyl (C=O) groups excluding carboxylic acids is 2. The minimum absolute atomic E-state index is 0.116. The van der Waals surface area contributed by atoms with E-state index in [1.165, 1.54) is 11.3 Å². The Kier molecular flexibility index (Phi) is 6.79. The zero-order valence-electron chi connectivity index (χ0n) is 19.9. The summed E-state index contributed by atoms with van der Waals surface area (Å²) in [6.45, 7) is 6.40. The molecule has 7 heteroatoms. The smallest absolute Gasteiger partial charge is 0.254 e. The molecule has 1 saturated carbocycles. The van der Waals surface area contributed by atoms with Crippen molar-refractivity contribution >= 4 is 34.8 Å². The Labute approximate surface area is 205 Å². The molecule has 2 aromatic rings. The molecule has 178 valence electrons. The molecule has 1 atom stereocenters. The minimum atomic E-state index is -0.463. The van der Waals surface area contributed by atoms with Crippen LogP contribution in [0.4, 0.5) is 0 Å². The summed E-state index contributed by atoms with van der Waals surface area (Å²) in [5, 5.41) is 4.54. The number of amides is 2. The monoisotopic (exact) mass is 488 g/mol. The second-order valence-corrected chi connectivity index (χ2v) is 11.4. The van der Waals surface area contributed by atoms with Crippen molar-refractivity contribution in [3.63, 3.8) is 0 Å². The van der Waals surface area contributed by atoms with Crippen LogP contribution in [0.3, 0.4) is 0 Å². The van der Waals surface area contributed by atoms with Gasteiger partial charge in [0.05, 0.1) is 22.6 Å². The van der Waals surface area contributed by atoms with E-state index < -0.39 is 5.41 Å². The molecule has 0 bridgehead atoms. The van der Waals surface area contributed by atoms with Gasteiger partial charge in [0, 0.05) is 27.2 Å². The van der Waals surface area contributed by atoms with E-state index >= 15 is 0 Å². The van der Waals surface area contributed by atoms with Crippen LogP contribution in [0.2, 0.25) is 5.02 Å². The number of rotatable bonds is 7. The lowest BCUT2D eigenvalue weighted by Crippen LogP contribution is -2.47. The molecule has 0 N–H and O–H groups in total. The number of piperidine rings is 1. The molecular formula is C26H33ClN2O3S. The van der Waals surface area contributed by atoms with Gasteiger partial charge in [-0.25, -0.2) is 0 Å². The molecule has 5 nitrogen and oxygen atoms in total. The molecule has 4 rings (SSSR count). The van der Waals surface area contributed by atoms with E-state index in [0.29, 0.717) is 34.3 Å². The molecule has 33 heavy (non-hydrogen) atoms. The number of ether oxygens (including phenoxy) is 1. The van der Waals surface area contributed by atoms with E-state index in [1.54, 1.807) is 37.6 Å². The predicted octanol–water partition coefficient (Wildman–Crippen LogP) is 5.48. The number of likely N-dealkylation sites (tertiary alicyclic amines) is 1. The fourth-order valence-electron chi connectivity index (χ4n) is 5.07. The third-order valence-corrected chi connectivity index (χ3v) is 8.49. The van der Waals surface area contributed by atoms with Crippen LogP contribution in [0, 0.1) is 11.3 Å². The molecule has 0 unspecified atom stereocenters. The van der Waals surface area contributed by atoms with Gasteiger partial charge in [0.15, 0.2) is 0 Å². The van der Waals surface area contributed by atoms with E-state index in [9.17, 15) is 9.59 Å². The maximum atomic E-state index is 13.2. The van der Waals surface area contributed by atoms with Crippen molar-refractivity contribution in [2.75, 3.05) is 33.8 Å². The molecule has 1 aromatic carbocycles. The Bertz CT molecular complexity index is 1010. The van der Waals surface area contributed by atoms with Gasteiger partial charge in [0.1, 0.15) is 5.75 Å². The highest BCUT2D eigenvalue weighted by Gasteiger charge is 2.55. The van der Waals surface area contributed by atoms with Gasteiger partial charge in [-0.2, -0.15) is 11.3 Å². The van der Waals surface area contributed by atoms with Crippen LogP contribution >= 0.6 is 22.9 Å². The van der Waals surface area contributed by atoms with Crippen molar-refractivity contribution in [3.05, 3.63) is 51.2 Å². The average molecular weight is 489 g/mol. The van der Waals surface area contributed by atoms with Crippen LogP contribution in [0.1, 0.15) is 55.5 Å². The van der Waals surface area contributed by atoms with Crippen molar-refractivity contribution < 1.29 is 14.3 Å². The Morgan fingerprint density at radius 3 is 2.58 bits per heavy atom. The van der Waals surface area contributed by atoms with Crippen LogP contribution in [-0.2, 0) is 10.2 Å². The summed E-state index contributed by atoms with van der Waals surface area (Å²) in [6.07, 6.45) is 4.39. The SMILES string of the molecule is CN(C)C(=O)c1ccc(OCC[C@@H]2CC23CCN(C(=O)C(C)(C)c2ccsc2)CC3)cc1Cl. The highest BCUT2D eigenvalue weighted by atomic mass is 35.5. The molecule has 2 amide bonds. The van der Waals surface area contributed by atoms with E-state index in [4.69, 9.17) is 16.3 Å². The molecule has 2 fully saturated rings. The van der Waals surface area contributed by atoms with Crippen molar-refractivity contribution in [2.24, 2.45) is 11.3 Å². The second kappa shape index (κ2) is 9.30. The van der Waals surface area contributed by atoms with E-state index in [0.717, 1.165) is 37.9 Å². The first-order valence-corrected chi connectivity index (χ1v) is 12.9. The first kappa shape index (κ1) is 24.1. The Balaban J connectivity index is 1.24. The largest absolute Gasteiger partial charge is 0.494 e. The van der Waals surface area contributed by atoms with Gasteiger partial charge in [0.25, 0.3) is 5.91 Å². The zero-order chi connectivity index (χ0) is 23.8. The number of carbonyl (C=O) groups is 2. The topological polar surface area (TPSA) is 49.9 Å². The van der Waals surface area contributed by atoms with Crippen LogP contribution in [0.5, 0.6) is 5.75 Å². The van der Waals surface area contributed by atoms with E-state index in [1.807, 2.05) is 25.3 Å². The number of thiophene rings is 1. The molecule has 1 spiro atoms. The minimum Gasteiger partial charge on any atom is -0.494 e. The van der Waals surface area contributed by atoms with Gasteiger partial charge in [-0.15, -0.1) is 0 Å². The lowest BCUT2D eigenvalue weighted by Gasteiger charge is -2.37. The van der Waals surface area contributed by atoms with Crippen molar-refractivity contribution in [3.8, 4) is 5.75 Å². The molecule has 1 saturated heterocycles. The molecule has 2 heterocycles. The van der Waals surface area contributed by atoms with Gasteiger partial charge >= 0.3 is 0 Å². The third kappa shape index (κ3) is 4.92. The van der Waals surface area contributed by atoms with E-state index in [-0.39, 0.29) is 11.8 Å². The first-order chi connectivity index (χ1) is 15.6. The molecule has 1 aliphatic heterocycles. The highest BCUT2D eigenvalue weighted by molar-refractivity contribution is 7.08. The molecular weight excluding hydrogens is 456 g/mol. The average Bonchev–Trinajstić information content (AvgIpc) is 3.18. The maximum absolute atomic E-state index is 13.2. The summed E-state index contributed by atoms with van der Waals surface area (Å²) in [7, 11) is 3.42. The van der Waals surface area contributed by atoms with Crippen molar-refractivity contribution in [1.82, 2.24) is 9.80 Å². The summed E-state index contributed by atoms with van der Waals surface area (Å²) in [5.74, 6) is 1.48. The van der Waals surface area contributed by atoms with Gasteiger partial charge in [-0.05, 0) is 91.5 Å². The molecule has 1 aliphatic carbocycles. The van der Waals surface area contributed by atoms with Crippen LogP contribution in [0.15, 0.2) is 35.0 Å². The van der Waals surface area contributed by atoms with Crippen LogP contribution in [0.25, 0.3) is 0 Å². The first-order valence-electron chi connectivity index (χ1n) is 11.6. The number of halogens is 1. The van der Waals surface area contributed by atoms with Crippen molar-refractivity contribution in [1.29, 1.82) is 0 Å². The quantitative estimate of drug-likeness (QED) is 0.518. The summed E-state index contributed by atoms with van der Waals surface area (Å²) in [6, 6.07) is 7.32. The predicted molar refractivity (Wildman–Crippen MR) is 133 cm³/mol. The Morgan fingerprint density at radius 2 is 1.97 bits per heavy atom. The highest BCUT2D eigenvalue weighted by Crippen LogP contribution is 2.61. The van der Waals surface area contributed by atoms with Gasteiger partial charge < -0.3 is 14.5 Å².